The van der Waals surface area contributed by atoms with Gasteiger partial charge in [0.1, 0.15) is 24.0 Å². The van der Waals surface area contributed by atoms with Gasteiger partial charge in [0.05, 0.1) is 0 Å². The van der Waals surface area contributed by atoms with E-state index in [1.54, 1.807) is 0 Å². The van der Waals surface area contributed by atoms with Crippen LogP contribution in [-0.2, 0) is 13.0 Å². The average molecular weight is 462 g/mol. The SMILES string of the molecule is Cc1ccc(C)n1-c1cc(Cc2cccc(OCc3ccccc3)c2)cc(-n2c(C)ccc2C)n1. The molecular weight excluding hydrogens is 430 g/mol. The molecule has 3 heterocycles. The molecule has 4 nitrogen and oxygen atoms in total. The van der Waals surface area contributed by atoms with E-state index >= 15 is 0 Å². The van der Waals surface area contributed by atoms with E-state index < -0.39 is 0 Å². The number of aromatic nitrogens is 3. The summed E-state index contributed by atoms with van der Waals surface area (Å²) in [6.07, 6.45) is 0.795. The summed E-state index contributed by atoms with van der Waals surface area (Å²) < 4.78 is 10.5. The number of pyridine rings is 1. The Kier molecular flexibility index (Phi) is 6.28. The lowest BCUT2D eigenvalue weighted by Gasteiger charge is -2.16. The number of benzene rings is 2. The van der Waals surface area contributed by atoms with Gasteiger partial charge in [0, 0.05) is 22.8 Å². The Morgan fingerprint density at radius 1 is 0.571 bits per heavy atom. The molecule has 5 rings (SSSR count). The fourth-order valence-corrected chi connectivity index (χ4v) is 4.67. The van der Waals surface area contributed by atoms with E-state index in [0.29, 0.717) is 6.61 Å². The molecule has 2 aromatic carbocycles. The minimum atomic E-state index is 0.562. The Morgan fingerprint density at radius 2 is 1.11 bits per heavy atom. The Labute approximate surface area is 207 Å². The summed E-state index contributed by atoms with van der Waals surface area (Å²) in [6, 6.07) is 31.6. The number of hydrogen-bond donors (Lipinski definition) is 0. The molecule has 5 aromatic rings. The van der Waals surface area contributed by atoms with Gasteiger partial charge in [0.2, 0.25) is 0 Å². The van der Waals surface area contributed by atoms with Gasteiger partial charge in [-0.3, -0.25) is 0 Å². The largest absolute Gasteiger partial charge is 0.489 e. The third-order valence-corrected chi connectivity index (χ3v) is 6.41. The fourth-order valence-electron chi connectivity index (χ4n) is 4.67. The molecule has 0 amide bonds. The van der Waals surface area contributed by atoms with E-state index in [-0.39, 0.29) is 0 Å². The van der Waals surface area contributed by atoms with Crippen molar-refractivity contribution in [3.8, 4) is 17.4 Å². The zero-order valence-corrected chi connectivity index (χ0v) is 20.8. The van der Waals surface area contributed by atoms with Crippen molar-refractivity contribution in [3.05, 3.63) is 130 Å². The van der Waals surface area contributed by atoms with E-state index in [9.17, 15) is 0 Å². The molecule has 0 aliphatic rings. The number of aryl methyl sites for hydroxylation is 4. The predicted octanol–water partition coefficient (Wildman–Crippen LogP) is 7.07. The monoisotopic (exact) mass is 461 g/mol. The summed E-state index contributed by atoms with van der Waals surface area (Å²) in [5.41, 5.74) is 8.29. The molecular formula is C31H31N3O. The van der Waals surface area contributed by atoms with Crippen LogP contribution in [0.15, 0.2) is 91.0 Å². The summed E-state index contributed by atoms with van der Waals surface area (Å²) in [7, 11) is 0. The van der Waals surface area contributed by atoms with E-state index in [4.69, 9.17) is 9.72 Å². The van der Waals surface area contributed by atoms with Gasteiger partial charge in [-0.1, -0.05) is 42.5 Å². The second-order valence-electron chi connectivity index (χ2n) is 9.19. The molecule has 0 aliphatic carbocycles. The lowest BCUT2D eigenvalue weighted by molar-refractivity contribution is 0.306. The van der Waals surface area contributed by atoms with Crippen LogP contribution in [0.25, 0.3) is 11.6 Å². The van der Waals surface area contributed by atoms with Crippen molar-refractivity contribution >= 4 is 0 Å². The normalized spacial score (nSPS) is 11.1. The average Bonchev–Trinajstić information content (AvgIpc) is 3.38. The lowest BCUT2D eigenvalue weighted by Crippen LogP contribution is -2.09. The number of rotatable bonds is 7. The first-order valence-electron chi connectivity index (χ1n) is 12.1. The van der Waals surface area contributed by atoms with Gasteiger partial charge in [0.15, 0.2) is 0 Å². The molecule has 0 bridgehead atoms. The van der Waals surface area contributed by atoms with Crippen LogP contribution in [0.2, 0.25) is 0 Å². The Balaban J connectivity index is 1.49. The third-order valence-electron chi connectivity index (χ3n) is 6.41. The first-order chi connectivity index (χ1) is 17.0. The van der Waals surface area contributed by atoms with E-state index in [1.807, 2.05) is 24.3 Å². The van der Waals surface area contributed by atoms with Gasteiger partial charge in [-0.15, -0.1) is 0 Å². The second-order valence-corrected chi connectivity index (χ2v) is 9.19. The highest BCUT2D eigenvalue weighted by Crippen LogP contribution is 2.24. The van der Waals surface area contributed by atoms with Crippen LogP contribution in [0.1, 0.15) is 39.5 Å². The van der Waals surface area contributed by atoms with Crippen molar-refractivity contribution in [2.24, 2.45) is 0 Å². The molecule has 3 aromatic heterocycles. The lowest BCUT2D eigenvalue weighted by atomic mass is 10.1. The first kappa shape index (κ1) is 22.7. The predicted molar refractivity (Wildman–Crippen MR) is 142 cm³/mol. The first-order valence-corrected chi connectivity index (χ1v) is 12.1. The van der Waals surface area contributed by atoms with Crippen LogP contribution in [0, 0.1) is 27.7 Å². The summed E-state index contributed by atoms with van der Waals surface area (Å²) in [5.74, 6) is 2.78. The van der Waals surface area contributed by atoms with Gasteiger partial charge < -0.3 is 13.9 Å². The van der Waals surface area contributed by atoms with Crippen LogP contribution in [0.4, 0.5) is 0 Å². The molecule has 0 unspecified atom stereocenters. The standard InChI is InChI=1S/C31H31N3O/c1-22-13-14-23(2)33(22)30-19-28(20-31(32-30)34-24(3)15-16-25(34)4)17-27-11-8-12-29(18-27)35-21-26-9-6-5-7-10-26/h5-16,18-20H,17,21H2,1-4H3. The van der Waals surface area contributed by atoms with Crippen molar-refractivity contribution in [2.45, 2.75) is 40.7 Å². The minimum absolute atomic E-state index is 0.562. The smallest absolute Gasteiger partial charge is 0.139 e. The summed E-state index contributed by atoms with van der Waals surface area (Å²) in [5, 5.41) is 0. The zero-order chi connectivity index (χ0) is 24.4. The highest BCUT2D eigenvalue weighted by Gasteiger charge is 2.13. The van der Waals surface area contributed by atoms with Crippen LogP contribution in [0.3, 0.4) is 0 Å². The van der Waals surface area contributed by atoms with Crippen LogP contribution in [-0.4, -0.2) is 14.1 Å². The van der Waals surface area contributed by atoms with Gasteiger partial charge in [-0.25, -0.2) is 4.98 Å². The summed E-state index contributed by atoms with van der Waals surface area (Å²) in [6.45, 7) is 9.06. The molecule has 0 saturated carbocycles. The van der Waals surface area contributed by atoms with Crippen molar-refractivity contribution in [1.82, 2.24) is 14.1 Å². The van der Waals surface area contributed by atoms with Gasteiger partial charge in [-0.2, -0.15) is 0 Å². The maximum Gasteiger partial charge on any atom is 0.139 e. The van der Waals surface area contributed by atoms with E-state index in [0.717, 1.165) is 29.4 Å². The molecule has 0 N–H and O–H groups in total. The third kappa shape index (κ3) is 4.92. The highest BCUT2D eigenvalue weighted by molar-refractivity contribution is 5.44. The summed E-state index contributed by atoms with van der Waals surface area (Å²) >= 11 is 0. The molecule has 4 heteroatoms. The minimum Gasteiger partial charge on any atom is -0.489 e. The zero-order valence-electron chi connectivity index (χ0n) is 20.8. The molecule has 0 spiro atoms. The topological polar surface area (TPSA) is 32.0 Å². The van der Waals surface area contributed by atoms with Crippen molar-refractivity contribution in [3.63, 3.8) is 0 Å². The Bertz CT molecular complexity index is 1360. The van der Waals surface area contributed by atoms with E-state index in [2.05, 4.69) is 104 Å². The number of hydrogen-bond acceptors (Lipinski definition) is 2. The van der Waals surface area contributed by atoms with Crippen molar-refractivity contribution in [1.29, 1.82) is 0 Å². The maximum absolute atomic E-state index is 6.08. The van der Waals surface area contributed by atoms with Gasteiger partial charge >= 0.3 is 0 Å². The molecule has 0 atom stereocenters. The highest BCUT2D eigenvalue weighted by atomic mass is 16.5. The Morgan fingerprint density at radius 3 is 1.69 bits per heavy atom. The van der Waals surface area contributed by atoms with Crippen molar-refractivity contribution in [2.75, 3.05) is 0 Å². The molecule has 0 radical (unpaired) electrons. The molecule has 0 aliphatic heterocycles. The van der Waals surface area contributed by atoms with E-state index in [1.165, 1.54) is 33.9 Å². The summed E-state index contributed by atoms with van der Waals surface area (Å²) in [4.78, 5) is 5.09. The molecule has 176 valence electrons. The van der Waals surface area contributed by atoms with Crippen LogP contribution in [0.5, 0.6) is 5.75 Å². The van der Waals surface area contributed by atoms with Crippen molar-refractivity contribution < 1.29 is 4.74 Å². The molecule has 0 saturated heterocycles. The Hall–Kier alpha value is -4.05. The molecule has 35 heavy (non-hydrogen) atoms. The van der Waals surface area contributed by atoms with Crippen LogP contribution < -0.4 is 4.74 Å². The number of ether oxygens (including phenoxy) is 1. The number of nitrogens with zero attached hydrogens (tertiary/aromatic N) is 3. The second kappa shape index (κ2) is 9.67. The maximum atomic E-state index is 6.08. The van der Waals surface area contributed by atoms with Crippen LogP contribution >= 0.6 is 0 Å². The van der Waals surface area contributed by atoms with Gasteiger partial charge in [-0.05, 0) is 99.3 Å². The molecule has 0 fully saturated rings. The quantitative estimate of drug-likeness (QED) is 0.260. The van der Waals surface area contributed by atoms with Gasteiger partial charge in [0.25, 0.3) is 0 Å². The fraction of sp³-hybridized carbons (Fsp3) is 0.194.